The largest absolute Gasteiger partial charge is 0.343 e. The van der Waals surface area contributed by atoms with Crippen LogP contribution in [0.15, 0.2) is 12.2 Å². The van der Waals surface area contributed by atoms with Crippen molar-refractivity contribution in [2.45, 2.75) is 6.92 Å². The second-order valence-corrected chi connectivity index (χ2v) is 1.74. The Labute approximate surface area is 57.1 Å². The van der Waals surface area contributed by atoms with Crippen molar-refractivity contribution in [1.82, 2.24) is 5.32 Å². The lowest BCUT2D eigenvalue weighted by Crippen LogP contribution is -2.17. The number of rotatable bonds is 2. The molecule has 46 valence electrons. The minimum Gasteiger partial charge on any atom is -0.343 e. The van der Waals surface area contributed by atoms with Crippen molar-refractivity contribution in [1.29, 1.82) is 0 Å². The number of hydrogen-bond donors (Lipinski definition) is 1. The first-order valence-electron chi connectivity index (χ1n) is 2.27. The molecule has 0 fully saturated rings. The van der Waals surface area contributed by atoms with Crippen LogP contribution in [0.5, 0.6) is 0 Å². The molecule has 0 atom stereocenters. The number of halogens is 1. The molecule has 0 aliphatic rings. The standard InChI is InChI=1S/C5H8BrNO/c1-2-3-5(8)7-4-6/h2-3H,4H2,1H3,(H,7,8)/b3-2+. The third-order valence-electron chi connectivity index (χ3n) is 0.559. The van der Waals surface area contributed by atoms with Gasteiger partial charge in [-0.1, -0.05) is 22.0 Å². The number of amides is 1. The Morgan fingerprint density at radius 3 is 2.88 bits per heavy atom. The SMILES string of the molecule is C/C=C/C(=O)NCBr. The van der Waals surface area contributed by atoms with Gasteiger partial charge in [0.2, 0.25) is 5.91 Å². The van der Waals surface area contributed by atoms with E-state index >= 15 is 0 Å². The van der Waals surface area contributed by atoms with Gasteiger partial charge in [0.15, 0.2) is 0 Å². The molecule has 8 heavy (non-hydrogen) atoms. The summed E-state index contributed by atoms with van der Waals surface area (Å²) in [6.07, 6.45) is 3.17. The molecule has 1 amide bonds. The summed E-state index contributed by atoms with van der Waals surface area (Å²) in [5.41, 5.74) is 0.510. The van der Waals surface area contributed by atoms with E-state index in [4.69, 9.17) is 0 Å². The highest BCUT2D eigenvalue weighted by Gasteiger charge is 1.86. The van der Waals surface area contributed by atoms with Gasteiger partial charge in [-0.05, 0) is 13.0 Å². The number of allylic oxidation sites excluding steroid dienone is 1. The second-order valence-electron chi connectivity index (χ2n) is 1.17. The first-order chi connectivity index (χ1) is 3.81. The maximum atomic E-state index is 10.4. The number of alkyl halides is 1. The molecule has 0 radical (unpaired) electrons. The number of carbonyl (C=O) groups is 1. The number of carbonyl (C=O) groups excluding carboxylic acids is 1. The quantitative estimate of drug-likeness (QED) is 0.382. The summed E-state index contributed by atoms with van der Waals surface area (Å²) < 4.78 is 0. The maximum absolute atomic E-state index is 10.4. The van der Waals surface area contributed by atoms with Crippen LogP contribution in [-0.4, -0.2) is 11.4 Å². The van der Waals surface area contributed by atoms with Crippen LogP contribution in [-0.2, 0) is 4.79 Å². The summed E-state index contributed by atoms with van der Waals surface area (Å²) in [5, 5.41) is 2.54. The van der Waals surface area contributed by atoms with E-state index in [0.29, 0.717) is 5.45 Å². The van der Waals surface area contributed by atoms with Crippen LogP contribution >= 0.6 is 15.9 Å². The molecule has 0 aromatic carbocycles. The highest BCUT2D eigenvalue weighted by atomic mass is 79.9. The van der Waals surface area contributed by atoms with Crippen molar-refractivity contribution in [3.8, 4) is 0 Å². The summed E-state index contributed by atoms with van der Waals surface area (Å²) in [5.74, 6) is -0.0654. The summed E-state index contributed by atoms with van der Waals surface area (Å²) in [6, 6.07) is 0. The summed E-state index contributed by atoms with van der Waals surface area (Å²) in [4.78, 5) is 10.4. The molecule has 0 rings (SSSR count). The van der Waals surface area contributed by atoms with E-state index in [1.165, 1.54) is 6.08 Å². The Hall–Kier alpha value is -0.310. The van der Waals surface area contributed by atoms with Gasteiger partial charge in [-0.15, -0.1) is 0 Å². The van der Waals surface area contributed by atoms with Gasteiger partial charge in [-0.25, -0.2) is 0 Å². The minimum atomic E-state index is -0.0654. The van der Waals surface area contributed by atoms with Crippen LogP contribution in [0.4, 0.5) is 0 Å². The topological polar surface area (TPSA) is 29.1 Å². The first kappa shape index (κ1) is 7.69. The van der Waals surface area contributed by atoms with E-state index in [2.05, 4.69) is 21.2 Å². The van der Waals surface area contributed by atoms with Crippen molar-refractivity contribution in [3.63, 3.8) is 0 Å². The molecule has 0 unspecified atom stereocenters. The van der Waals surface area contributed by atoms with Gasteiger partial charge in [0, 0.05) is 0 Å². The summed E-state index contributed by atoms with van der Waals surface area (Å²) in [7, 11) is 0. The van der Waals surface area contributed by atoms with Crippen molar-refractivity contribution >= 4 is 21.8 Å². The Bertz CT molecular complexity index is 101. The zero-order chi connectivity index (χ0) is 6.41. The van der Waals surface area contributed by atoms with E-state index in [9.17, 15) is 4.79 Å². The number of nitrogens with one attached hydrogen (secondary N) is 1. The molecular weight excluding hydrogens is 170 g/mol. The van der Waals surface area contributed by atoms with E-state index in [1.54, 1.807) is 13.0 Å². The average Bonchev–Trinajstić information content (AvgIpc) is 1.68. The Balaban J connectivity index is 3.33. The molecule has 0 aliphatic heterocycles. The molecule has 1 N–H and O–H groups in total. The van der Waals surface area contributed by atoms with Gasteiger partial charge in [0.05, 0.1) is 5.45 Å². The van der Waals surface area contributed by atoms with Crippen molar-refractivity contribution in [2.24, 2.45) is 0 Å². The van der Waals surface area contributed by atoms with E-state index in [1.807, 2.05) is 0 Å². The monoisotopic (exact) mass is 177 g/mol. The van der Waals surface area contributed by atoms with Gasteiger partial charge in [0.1, 0.15) is 0 Å². The third kappa shape index (κ3) is 3.87. The first-order valence-corrected chi connectivity index (χ1v) is 3.40. The normalized spacial score (nSPS) is 9.75. The highest BCUT2D eigenvalue weighted by Crippen LogP contribution is 1.74. The zero-order valence-electron chi connectivity index (χ0n) is 4.65. The Morgan fingerprint density at radius 1 is 1.88 bits per heavy atom. The van der Waals surface area contributed by atoms with Crippen molar-refractivity contribution in [2.75, 3.05) is 5.45 Å². The van der Waals surface area contributed by atoms with Crippen LogP contribution in [0.1, 0.15) is 6.92 Å². The Morgan fingerprint density at radius 2 is 2.50 bits per heavy atom. The van der Waals surface area contributed by atoms with E-state index in [0.717, 1.165) is 0 Å². The fraction of sp³-hybridized carbons (Fsp3) is 0.400. The highest BCUT2D eigenvalue weighted by molar-refractivity contribution is 9.09. The molecule has 0 aromatic rings. The molecule has 0 bridgehead atoms. The number of hydrogen-bond acceptors (Lipinski definition) is 1. The van der Waals surface area contributed by atoms with Crippen LogP contribution in [0.25, 0.3) is 0 Å². The average molecular weight is 178 g/mol. The van der Waals surface area contributed by atoms with Crippen LogP contribution in [0, 0.1) is 0 Å². The maximum Gasteiger partial charge on any atom is 0.244 e. The lowest BCUT2D eigenvalue weighted by atomic mass is 10.5. The lowest BCUT2D eigenvalue weighted by Gasteiger charge is -1.90. The molecule has 2 nitrogen and oxygen atoms in total. The van der Waals surface area contributed by atoms with Crippen LogP contribution < -0.4 is 5.32 Å². The predicted octanol–water partition coefficient (Wildman–Crippen LogP) is 1.03. The molecular formula is C5H8BrNO. The van der Waals surface area contributed by atoms with Gasteiger partial charge < -0.3 is 5.32 Å². The van der Waals surface area contributed by atoms with Crippen LogP contribution in [0.2, 0.25) is 0 Å². The summed E-state index contributed by atoms with van der Waals surface area (Å²) in [6.45, 7) is 1.80. The van der Waals surface area contributed by atoms with Gasteiger partial charge in [-0.2, -0.15) is 0 Å². The van der Waals surface area contributed by atoms with E-state index in [-0.39, 0.29) is 5.91 Å². The van der Waals surface area contributed by atoms with Crippen molar-refractivity contribution < 1.29 is 4.79 Å². The minimum absolute atomic E-state index is 0.0654. The molecule has 0 saturated carbocycles. The van der Waals surface area contributed by atoms with Crippen LogP contribution in [0.3, 0.4) is 0 Å². The van der Waals surface area contributed by atoms with Gasteiger partial charge >= 0.3 is 0 Å². The fourth-order valence-corrected chi connectivity index (χ4v) is 0.552. The second kappa shape index (κ2) is 4.84. The molecule has 0 aromatic heterocycles. The molecule has 0 saturated heterocycles. The lowest BCUT2D eigenvalue weighted by molar-refractivity contribution is -0.116. The van der Waals surface area contributed by atoms with Gasteiger partial charge in [0.25, 0.3) is 0 Å². The molecule has 0 aliphatic carbocycles. The van der Waals surface area contributed by atoms with E-state index < -0.39 is 0 Å². The third-order valence-corrected chi connectivity index (χ3v) is 0.839. The fourth-order valence-electron chi connectivity index (χ4n) is 0.276. The van der Waals surface area contributed by atoms with Crippen molar-refractivity contribution in [3.05, 3.63) is 12.2 Å². The zero-order valence-corrected chi connectivity index (χ0v) is 6.23. The smallest absolute Gasteiger partial charge is 0.244 e. The summed E-state index contributed by atoms with van der Waals surface area (Å²) >= 11 is 3.05. The predicted molar refractivity (Wildman–Crippen MR) is 36.8 cm³/mol. The molecule has 0 spiro atoms. The molecule has 0 heterocycles. The molecule has 3 heteroatoms. The van der Waals surface area contributed by atoms with Gasteiger partial charge in [-0.3, -0.25) is 4.79 Å². The Kier molecular flexibility index (Phi) is 4.65.